The van der Waals surface area contributed by atoms with Crippen molar-refractivity contribution in [3.63, 3.8) is 0 Å². The van der Waals surface area contributed by atoms with Crippen molar-refractivity contribution in [3.05, 3.63) is 188 Å². The molecule has 8 aromatic carbocycles. The van der Waals surface area contributed by atoms with E-state index in [1.165, 1.54) is 64.0 Å². The molecule has 0 fully saturated rings. The lowest BCUT2D eigenvalue weighted by Gasteiger charge is -2.15. The first-order valence-corrected chi connectivity index (χ1v) is 19.1. The average molecular weight is 706 g/mol. The lowest BCUT2D eigenvalue weighted by molar-refractivity contribution is 1.05. The largest absolute Gasteiger partial charge is 0.291 e. The van der Waals surface area contributed by atoms with Crippen LogP contribution < -0.4 is 0 Å². The second-order valence-corrected chi connectivity index (χ2v) is 14.7. The Kier molecular flexibility index (Phi) is 7.04. The average Bonchev–Trinajstić information content (AvgIpc) is 3.81. The number of fused-ring (bicyclic) bond motifs is 10. The van der Waals surface area contributed by atoms with Crippen LogP contribution in [-0.4, -0.2) is 14.5 Å². The third-order valence-corrected chi connectivity index (χ3v) is 11.9. The molecule has 3 aromatic heterocycles. The molecule has 0 bridgehead atoms. The molecule has 0 atom stereocenters. The molecule has 0 N–H and O–H groups in total. The highest BCUT2D eigenvalue weighted by molar-refractivity contribution is 7.27. The van der Waals surface area contributed by atoms with E-state index in [-0.39, 0.29) is 0 Å². The van der Waals surface area contributed by atoms with Gasteiger partial charge in [0.2, 0.25) is 0 Å². The zero-order valence-corrected chi connectivity index (χ0v) is 30.0. The molecule has 54 heavy (non-hydrogen) atoms. The van der Waals surface area contributed by atoms with Gasteiger partial charge in [-0.15, -0.1) is 11.3 Å². The van der Waals surface area contributed by atoms with Gasteiger partial charge in [-0.25, -0.2) is 9.97 Å². The molecule has 0 saturated carbocycles. The Morgan fingerprint density at radius 3 is 1.76 bits per heavy atom. The fraction of sp³-hybridized carbons (Fsp3) is 0. The van der Waals surface area contributed by atoms with Gasteiger partial charge in [-0.1, -0.05) is 170 Å². The molecule has 3 nitrogen and oxygen atoms in total. The van der Waals surface area contributed by atoms with Gasteiger partial charge in [0.1, 0.15) is 5.69 Å². The number of thiophene rings is 1. The second-order valence-electron chi connectivity index (χ2n) is 13.7. The second kappa shape index (κ2) is 12.4. The van der Waals surface area contributed by atoms with Crippen LogP contribution in [0.2, 0.25) is 0 Å². The molecule has 0 amide bonds. The first-order valence-electron chi connectivity index (χ1n) is 18.2. The summed E-state index contributed by atoms with van der Waals surface area (Å²) in [6.07, 6.45) is 1.94. The third kappa shape index (κ3) is 4.74. The molecule has 0 aliphatic carbocycles. The number of hydrogen-bond acceptors (Lipinski definition) is 3. The number of nitrogens with zero attached hydrogens (tertiary/aromatic N) is 3. The van der Waals surface area contributed by atoms with E-state index in [1.54, 1.807) is 0 Å². The highest BCUT2D eigenvalue weighted by Gasteiger charge is 2.26. The predicted molar refractivity (Wildman–Crippen MR) is 229 cm³/mol. The van der Waals surface area contributed by atoms with Gasteiger partial charge in [0.25, 0.3) is 0 Å². The number of hydrogen-bond donors (Lipinski definition) is 0. The van der Waals surface area contributed by atoms with Crippen molar-refractivity contribution < 1.29 is 0 Å². The van der Waals surface area contributed by atoms with Crippen molar-refractivity contribution in [2.45, 2.75) is 0 Å². The van der Waals surface area contributed by atoms with Gasteiger partial charge >= 0.3 is 0 Å². The maximum atomic E-state index is 5.41. The van der Waals surface area contributed by atoms with Crippen molar-refractivity contribution in [3.8, 4) is 50.6 Å². The van der Waals surface area contributed by atoms with Crippen LogP contribution >= 0.6 is 11.3 Å². The molecule has 11 aromatic rings. The Morgan fingerprint density at radius 1 is 0.426 bits per heavy atom. The number of rotatable bonds is 5. The highest BCUT2D eigenvalue weighted by atomic mass is 32.1. The van der Waals surface area contributed by atoms with Crippen molar-refractivity contribution >= 4 is 64.1 Å². The zero-order valence-electron chi connectivity index (χ0n) is 29.1. The quantitative estimate of drug-likeness (QED) is 0.178. The summed E-state index contributed by atoms with van der Waals surface area (Å²) in [5, 5.41) is 7.40. The molecule has 0 aliphatic rings. The topological polar surface area (TPSA) is 30.7 Å². The predicted octanol–water partition coefficient (Wildman–Crippen LogP) is 13.8. The fourth-order valence-corrected chi connectivity index (χ4v) is 9.58. The first-order chi connectivity index (χ1) is 26.8. The van der Waals surface area contributed by atoms with Crippen LogP contribution in [0.1, 0.15) is 0 Å². The maximum Gasteiger partial charge on any atom is 0.164 e. The van der Waals surface area contributed by atoms with Crippen molar-refractivity contribution in [2.75, 3.05) is 0 Å². The lowest BCUT2D eigenvalue weighted by Crippen LogP contribution is -2.04. The molecule has 0 saturated heterocycles. The Balaban J connectivity index is 1.35. The van der Waals surface area contributed by atoms with E-state index in [0.717, 1.165) is 39.4 Å². The maximum absolute atomic E-state index is 5.41. The van der Waals surface area contributed by atoms with E-state index in [0.29, 0.717) is 0 Å². The summed E-state index contributed by atoms with van der Waals surface area (Å²) in [5.41, 5.74) is 10.8. The molecule has 0 aliphatic heterocycles. The SMILES string of the molecule is c1ccc(-c2ccc3c(c2)c2c4ccccc4c4sc5c(-c6ccccc6)cccc5c4c2n3-c2ncc(-c3ccccc3)nc2-c2ccccc2)cc1. The van der Waals surface area contributed by atoms with Crippen LogP contribution in [0.3, 0.4) is 0 Å². The molecule has 0 unspecified atom stereocenters. The van der Waals surface area contributed by atoms with Crippen molar-refractivity contribution in [1.82, 2.24) is 14.5 Å². The summed E-state index contributed by atoms with van der Waals surface area (Å²) in [6, 6.07) is 64.9. The normalized spacial score (nSPS) is 11.7. The minimum Gasteiger partial charge on any atom is -0.291 e. The van der Waals surface area contributed by atoms with Crippen LogP contribution in [0.25, 0.3) is 103 Å². The number of aromatic nitrogens is 3. The summed E-state index contributed by atoms with van der Waals surface area (Å²) in [5.74, 6) is 0.809. The molecule has 0 radical (unpaired) electrons. The van der Waals surface area contributed by atoms with Crippen LogP contribution in [0.4, 0.5) is 0 Å². The number of benzene rings is 8. The highest BCUT2D eigenvalue weighted by Crippen LogP contribution is 2.50. The van der Waals surface area contributed by atoms with Crippen molar-refractivity contribution in [1.29, 1.82) is 0 Å². The van der Waals surface area contributed by atoms with Gasteiger partial charge in [-0.2, -0.15) is 0 Å². The molecule has 11 rings (SSSR count). The Labute approximate surface area is 316 Å². The summed E-state index contributed by atoms with van der Waals surface area (Å²) >= 11 is 1.89. The molecule has 252 valence electrons. The van der Waals surface area contributed by atoms with Gasteiger partial charge in [0.05, 0.1) is 22.9 Å². The minimum atomic E-state index is 0.809. The van der Waals surface area contributed by atoms with Gasteiger partial charge in [0.15, 0.2) is 5.82 Å². The van der Waals surface area contributed by atoms with Crippen LogP contribution in [0.15, 0.2) is 188 Å². The lowest BCUT2D eigenvalue weighted by atomic mass is 9.97. The summed E-state index contributed by atoms with van der Waals surface area (Å²) < 4.78 is 4.96. The standard InChI is InChI=1S/C50H31N3S/c1-5-16-32(17-6-1)36-28-29-43-41(30-36)44-38-24-13-14-25-39(38)49-45(40-27-15-26-37(48(40)54-49)33-18-7-2-8-19-33)47(44)53(43)50-46(35-22-11-4-12-23-35)52-42(31-51-50)34-20-9-3-10-21-34/h1-31H. The van der Waals surface area contributed by atoms with Crippen LogP contribution in [-0.2, 0) is 0 Å². The first kappa shape index (κ1) is 30.7. The van der Waals surface area contributed by atoms with Crippen LogP contribution in [0, 0.1) is 0 Å². The fourth-order valence-electron chi connectivity index (χ4n) is 8.20. The van der Waals surface area contributed by atoms with E-state index < -0.39 is 0 Å². The molecule has 4 heteroatoms. The van der Waals surface area contributed by atoms with E-state index in [1.807, 2.05) is 23.6 Å². The summed E-state index contributed by atoms with van der Waals surface area (Å²) in [4.78, 5) is 10.8. The van der Waals surface area contributed by atoms with Gasteiger partial charge in [-0.05, 0) is 39.8 Å². The molecular weight excluding hydrogens is 675 g/mol. The monoisotopic (exact) mass is 705 g/mol. The van der Waals surface area contributed by atoms with E-state index in [2.05, 4.69) is 180 Å². The summed E-state index contributed by atoms with van der Waals surface area (Å²) in [7, 11) is 0. The molecule has 0 spiro atoms. The van der Waals surface area contributed by atoms with E-state index >= 15 is 0 Å². The van der Waals surface area contributed by atoms with Crippen molar-refractivity contribution in [2.24, 2.45) is 0 Å². The van der Waals surface area contributed by atoms with Gasteiger partial charge in [0, 0.05) is 47.5 Å². The Hall–Kier alpha value is -6.88. The van der Waals surface area contributed by atoms with E-state index in [4.69, 9.17) is 9.97 Å². The molecular formula is C50H31N3S. The van der Waals surface area contributed by atoms with E-state index in [9.17, 15) is 0 Å². The zero-order chi connectivity index (χ0) is 35.6. The third-order valence-electron chi connectivity index (χ3n) is 10.6. The minimum absolute atomic E-state index is 0.809. The smallest absolute Gasteiger partial charge is 0.164 e. The van der Waals surface area contributed by atoms with Gasteiger partial charge in [-0.3, -0.25) is 4.57 Å². The Bertz CT molecular complexity index is 3180. The molecule has 3 heterocycles. The Morgan fingerprint density at radius 2 is 1.04 bits per heavy atom. The van der Waals surface area contributed by atoms with Crippen LogP contribution in [0.5, 0.6) is 0 Å². The summed E-state index contributed by atoms with van der Waals surface area (Å²) in [6.45, 7) is 0. The van der Waals surface area contributed by atoms with Gasteiger partial charge < -0.3 is 0 Å².